The van der Waals surface area contributed by atoms with E-state index in [0.29, 0.717) is 23.9 Å². The molecule has 3 rings (SSSR count). The molecule has 0 amide bonds. The zero-order chi connectivity index (χ0) is 17.6. The Labute approximate surface area is 144 Å². The Kier molecular flexibility index (Phi) is 4.99. The van der Waals surface area contributed by atoms with Crippen LogP contribution >= 0.6 is 0 Å². The van der Waals surface area contributed by atoms with E-state index in [1.165, 1.54) is 16.7 Å². The van der Waals surface area contributed by atoms with E-state index >= 15 is 0 Å². The molecule has 0 fully saturated rings. The topological polar surface area (TPSA) is 70.7 Å². The Morgan fingerprint density at radius 3 is 2.56 bits per heavy atom. The van der Waals surface area contributed by atoms with Crippen LogP contribution in [-0.2, 0) is 6.54 Å². The van der Waals surface area contributed by atoms with Gasteiger partial charge in [0.2, 0.25) is 5.76 Å². The van der Waals surface area contributed by atoms with Crippen molar-refractivity contribution in [3.8, 4) is 11.5 Å². The number of para-hydroxylation sites is 2. The van der Waals surface area contributed by atoms with Crippen LogP contribution in [0.2, 0.25) is 0 Å². The first-order valence-corrected chi connectivity index (χ1v) is 7.85. The van der Waals surface area contributed by atoms with Gasteiger partial charge in [-0.3, -0.25) is 4.79 Å². The summed E-state index contributed by atoms with van der Waals surface area (Å²) < 4.78 is 17.8. The van der Waals surface area contributed by atoms with E-state index in [9.17, 15) is 9.59 Å². The maximum Gasteiger partial charge on any atom is 0.379 e. The molecule has 6 heteroatoms. The maximum atomic E-state index is 12.3. The molecule has 25 heavy (non-hydrogen) atoms. The number of aromatic nitrogens is 1. The molecule has 2 heterocycles. The molecule has 0 bridgehead atoms. The van der Waals surface area contributed by atoms with Crippen LogP contribution in [0.4, 0.5) is 0 Å². The van der Waals surface area contributed by atoms with E-state index in [-0.39, 0.29) is 17.9 Å². The average Bonchev–Trinajstić information content (AvgIpc) is 3.08. The third-order valence-corrected chi connectivity index (χ3v) is 3.44. The standard InChI is InChI=1S/C19H17NO5/c1-2-23-15-7-3-4-8-16(15)25-19(22)17-11-10-14(24-17)13-20-12-6-5-9-18(20)21/h3-12H,2,13H2,1H3. The zero-order valence-electron chi connectivity index (χ0n) is 13.7. The third kappa shape index (κ3) is 3.98. The van der Waals surface area contributed by atoms with Crippen molar-refractivity contribution in [2.45, 2.75) is 13.5 Å². The summed E-state index contributed by atoms with van der Waals surface area (Å²) in [5, 5.41) is 0. The predicted molar refractivity (Wildman–Crippen MR) is 91.1 cm³/mol. The molecule has 0 N–H and O–H groups in total. The predicted octanol–water partition coefficient (Wildman–Crippen LogP) is 3.11. The van der Waals surface area contributed by atoms with E-state index in [1.54, 1.807) is 48.7 Å². The molecular weight excluding hydrogens is 322 g/mol. The molecule has 0 saturated carbocycles. The first-order valence-electron chi connectivity index (χ1n) is 7.85. The normalized spacial score (nSPS) is 10.4. The minimum Gasteiger partial charge on any atom is -0.490 e. The molecule has 6 nitrogen and oxygen atoms in total. The van der Waals surface area contributed by atoms with Gasteiger partial charge in [0, 0.05) is 12.3 Å². The fourth-order valence-electron chi connectivity index (χ4n) is 2.29. The monoisotopic (exact) mass is 339 g/mol. The summed E-state index contributed by atoms with van der Waals surface area (Å²) in [6.07, 6.45) is 1.65. The smallest absolute Gasteiger partial charge is 0.379 e. The molecule has 0 atom stereocenters. The SMILES string of the molecule is CCOc1ccccc1OC(=O)c1ccc(Cn2ccccc2=O)o1. The van der Waals surface area contributed by atoms with Crippen LogP contribution in [-0.4, -0.2) is 17.1 Å². The van der Waals surface area contributed by atoms with Gasteiger partial charge in [-0.1, -0.05) is 18.2 Å². The number of ether oxygens (including phenoxy) is 2. The molecule has 0 spiro atoms. The van der Waals surface area contributed by atoms with E-state index < -0.39 is 5.97 Å². The highest BCUT2D eigenvalue weighted by atomic mass is 16.6. The fourth-order valence-corrected chi connectivity index (χ4v) is 2.29. The number of carbonyl (C=O) groups excluding carboxylic acids is 1. The summed E-state index contributed by atoms with van der Waals surface area (Å²) in [5.74, 6) is 0.731. The first-order chi connectivity index (χ1) is 12.2. The quantitative estimate of drug-likeness (QED) is 0.510. The van der Waals surface area contributed by atoms with E-state index in [1.807, 2.05) is 6.92 Å². The number of furan rings is 1. The number of benzene rings is 1. The molecule has 0 unspecified atom stereocenters. The summed E-state index contributed by atoms with van der Waals surface area (Å²) in [6.45, 7) is 2.55. The molecule has 0 aliphatic rings. The lowest BCUT2D eigenvalue weighted by Gasteiger charge is -2.09. The number of rotatable bonds is 6. The van der Waals surface area contributed by atoms with Crippen molar-refractivity contribution in [2.24, 2.45) is 0 Å². The van der Waals surface area contributed by atoms with Crippen LogP contribution < -0.4 is 15.0 Å². The molecule has 128 valence electrons. The number of esters is 1. The third-order valence-electron chi connectivity index (χ3n) is 3.44. The first kappa shape index (κ1) is 16.6. The summed E-state index contributed by atoms with van der Waals surface area (Å²) in [4.78, 5) is 24.0. The molecule has 2 aromatic heterocycles. The summed E-state index contributed by atoms with van der Waals surface area (Å²) in [6, 6.07) is 15.0. The number of carbonyl (C=O) groups is 1. The van der Waals surface area contributed by atoms with Crippen LogP contribution in [0.15, 0.2) is 70.0 Å². The van der Waals surface area contributed by atoms with Crippen molar-refractivity contribution >= 4 is 5.97 Å². The van der Waals surface area contributed by atoms with Gasteiger partial charge in [-0.2, -0.15) is 0 Å². The van der Waals surface area contributed by atoms with E-state index in [0.717, 1.165) is 0 Å². The lowest BCUT2D eigenvalue weighted by Crippen LogP contribution is -2.17. The lowest BCUT2D eigenvalue weighted by atomic mass is 10.3. The highest BCUT2D eigenvalue weighted by Crippen LogP contribution is 2.27. The van der Waals surface area contributed by atoms with Crippen molar-refractivity contribution < 1.29 is 18.7 Å². The number of hydrogen-bond acceptors (Lipinski definition) is 5. The van der Waals surface area contributed by atoms with Crippen molar-refractivity contribution in [3.05, 3.63) is 82.7 Å². The second-order valence-electron chi connectivity index (χ2n) is 5.20. The Hall–Kier alpha value is -3.28. The second-order valence-corrected chi connectivity index (χ2v) is 5.20. The average molecular weight is 339 g/mol. The minimum absolute atomic E-state index is 0.0604. The molecule has 0 radical (unpaired) electrons. The van der Waals surface area contributed by atoms with Gasteiger partial charge in [-0.05, 0) is 37.3 Å². The number of hydrogen-bond donors (Lipinski definition) is 0. The minimum atomic E-state index is -0.626. The Balaban J connectivity index is 1.73. The Morgan fingerprint density at radius 2 is 1.80 bits per heavy atom. The van der Waals surface area contributed by atoms with Gasteiger partial charge in [0.25, 0.3) is 5.56 Å². The van der Waals surface area contributed by atoms with Crippen LogP contribution in [0.1, 0.15) is 23.2 Å². The fraction of sp³-hybridized carbons (Fsp3) is 0.158. The lowest BCUT2D eigenvalue weighted by molar-refractivity contribution is 0.0693. The molecule has 1 aromatic carbocycles. The summed E-state index contributed by atoms with van der Waals surface area (Å²) >= 11 is 0. The maximum absolute atomic E-state index is 12.3. The van der Waals surface area contributed by atoms with Crippen LogP contribution in [0.5, 0.6) is 11.5 Å². The van der Waals surface area contributed by atoms with Gasteiger partial charge in [-0.25, -0.2) is 4.79 Å². The zero-order valence-corrected chi connectivity index (χ0v) is 13.7. The van der Waals surface area contributed by atoms with Crippen molar-refractivity contribution in [1.82, 2.24) is 4.57 Å². The van der Waals surface area contributed by atoms with Crippen molar-refractivity contribution in [3.63, 3.8) is 0 Å². The van der Waals surface area contributed by atoms with Crippen LogP contribution in [0.25, 0.3) is 0 Å². The van der Waals surface area contributed by atoms with E-state index in [4.69, 9.17) is 13.9 Å². The molecular formula is C19H17NO5. The summed E-state index contributed by atoms with van der Waals surface area (Å²) in [7, 11) is 0. The Morgan fingerprint density at radius 1 is 1.04 bits per heavy atom. The highest BCUT2D eigenvalue weighted by Gasteiger charge is 2.16. The van der Waals surface area contributed by atoms with Gasteiger partial charge in [0.05, 0.1) is 13.2 Å². The van der Waals surface area contributed by atoms with Crippen LogP contribution in [0, 0.1) is 0 Å². The van der Waals surface area contributed by atoms with Crippen molar-refractivity contribution in [2.75, 3.05) is 6.61 Å². The van der Waals surface area contributed by atoms with Gasteiger partial charge in [0.1, 0.15) is 5.76 Å². The van der Waals surface area contributed by atoms with Gasteiger partial charge in [0.15, 0.2) is 11.5 Å². The molecule has 0 saturated heterocycles. The molecule has 0 aliphatic carbocycles. The highest BCUT2D eigenvalue weighted by molar-refractivity contribution is 5.88. The van der Waals surface area contributed by atoms with Gasteiger partial charge >= 0.3 is 5.97 Å². The van der Waals surface area contributed by atoms with Crippen molar-refractivity contribution in [1.29, 1.82) is 0 Å². The van der Waals surface area contributed by atoms with Gasteiger partial charge < -0.3 is 18.5 Å². The van der Waals surface area contributed by atoms with Crippen LogP contribution in [0.3, 0.4) is 0 Å². The largest absolute Gasteiger partial charge is 0.490 e. The molecule has 3 aromatic rings. The Bertz CT molecular complexity index is 925. The number of nitrogens with zero attached hydrogens (tertiary/aromatic N) is 1. The van der Waals surface area contributed by atoms with Gasteiger partial charge in [-0.15, -0.1) is 0 Å². The summed E-state index contributed by atoms with van der Waals surface area (Å²) in [5.41, 5.74) is -0.145. The second kappa shape index (κ2) is 7.53. The number of pyridine rings is 1. The van der Waals surface area contributed by atoms with E-state index in [2.05, 4.69) is 0 Å². The molecule has 0 aliphatic heterocycles.